The van der Waals surface area contributed by atoms with Gasteiger partial charge in [0.15, 0.2) is 0 Å². The van der Waals surface area contributed by atoms with Gasteiger partial charge in [0.05, 0.1) is 11.0 Å². The minimum atomic E-state index is -0.144. The van der Waals surface area contributed by atoms with Gasteiger partial charge in [-0.15, -0.1) is 0 Å². The van der Waals surface area contributed by atoms with Crippen molar-refractivity contribution in [1.82, 2.24) is 9.13 Å². The van der Waals surface area contributed by atoms with Gasteiger partial charge in [0.25, 0.3) is 0 Å². The predicted molar refractivity (Wildman–Crippen MR) is 347 cm³/mol. The van der Waals surface area contributed by atoms with E-state index in [2.05, 4.69) is 272 Å². The van der Waals surface area contributed by atoms with Crippen LogP contribution in [0.25, 0.3) is 55.0 Å². The lowest BCUT2D eigenvalue weighted by molar-refractivity contribution is 0.552. The van der Waals surface area contributed by atoms with E-state index in [0.717, 1.165) is 0 Å². The van der Waals surface area contributed by atoms with E-state index in [-0.39, 0.29) is 45.9 Å². The van der Waals surface area contributed by atoms with Crippen LogP contribution in [0.1, 0.15) is 220 Å². The van der Waals surface area contributed by atoms with Crippen LogP contribution in [0, 0.1) is 13.8 Å². The standard InChI is InChI=1S/C74H90B2N2/c1-41(2)45-25-27-61-49(33-45)51-29-43(5)31-59-67(51)77(61)63-39-58-64(40-57(63)75(59)65-53(71(13,14)15)35-47(69(7,8)9)36-54(65)72(16,17)18)78-62-28-26-46(42(3)4)34-50(62)52-30-44(6)32-60(68(52)78)76(58)66-55(73(19,20)21)37-48(70(10,11)12)38-56(66)74(22,23)24/h25-42H,1-24H3. The van der Waals surface area contributed by atoms with Gasteiger partial charge in [-0.2, -0.15) is 0 Å². The van der Waals surface area contributed by atoms with Crippen molar-refractivity contribution in [3.63, 3.8) is 0 Å². The third-order valence-corrected chi connectivity index (χ3v) is 18.3. The topological polar surface area (TPSA) is 9.86 Å². The molecule has 0 saturated heterocycles. The molecule has 2 aromatic heterocycles. The summed E-state index contributed by atoms with van der Waals surface area (Å²) < 4.78 is 5.46. The van der Waals surface area contributed by atoms with Gasteiger partial charge in [-0.1, -0.05) is 223 Å². The number of hydrogen-bond acceptors (Lipinski definition) is 0. The maximum atomic E-state index is 2.74. The maximum absolute atomic E-state index is 2.74. The smallest absolute Gasteiger partial charge is 0.247 e. The fourth-order valence-corrected chi connectivity index (χ4v) is 14.0. The summed E-state index contributed by atoms with van der Waals surface area (Å²) in [5, 5.41) is 5.41. The first-order valence-corrected chi connectivity index (χ1v) is 29.7. The second-order valence-corrected chi connectivity index (χ2v) is 31.3. The highest BCUT2D eigenvalue weighted by Gasteiger charge is 2.45. The normalized spacial score (nSPS) is 14.3. The van der Waals surface area contributed by atoms with Crippen LogP contribution in [0.3, 0.4) is 0 Å². The Morgan fingerprint density at radius 1 is 0.333 bits per heavy atom. The monoisotopic (exact) mass is 1030 g/mol. The fraction of sp³-hybridized carbons (Fsp3) is 0.432. The van der Waals surface area contributed by atoms with Crippen molar-refractivity contribution < 1.29 is 0 Å². The van der Waals surface area contributed by atoms with Gasteiger partial charge in [0.2, 0.25) is 13.4 Å². The van der Waals surface area contributed by atoms with Gasteiger partial charge in [-0.05, 0) is 173 Å². The van der Waals surface area contributed by atoms with Gasteiger partial charge >= 0.3 is 0 Å². The predicted octanol–water partition coefficient (Wildman–Crippen LogP) is 16.2. The number of fused-ring (bicyclic) bond motifs is 10. The number of aromatic nitrogens is 2. The van der Waals surface area contributed by atoms with E-state index in [1.807, 2.05) is 0 Å². The highest BCUT2D eigenvalue weighted by Crippen LogP contribution is 2.43. The van der Waals surface area contributed by atoms with Crippen molar-refractivity contribution in [3.05, 3.63) is 153 Å². The second-order valence-electron chi connectivity index (χ2n) is 31.3. The molecule has 0 amide bonds. The molecule has 0 fully saturated rings. The zero-order valence-corrected chi connectivity index (χ0v) is 52.4. The first-order chi connectivity index (χ1) is 36.0. The molecule has 402 valence electrons. The number of benzene rings is 7. The zero-order valence-electron chi connectivity index (χ0n) is 52.4. The average Bonchev–Trinajstić information content (AvgIpc) is 3.05. The maximum Gasteiger partial charge on any atom is 0.247 e. The van der Waals surface area contributed by atoms with Crippen LogP contribution in [0.15, 0.2) is 97.1 Å². The Hall–Kier alpha value is -5.73. The molecule has 9 aromatic rings. The quantitative estimate of drug-likeness (QED) is 0.156. The number of rotatable bonds is 4. The van der Waals surface area contributed by atoms with E-state index >= 15 is 0 Å². The van der Waals surface area contributed by atoms with Crippen molar-refractivity contribution in [2.45, 2.75) is 210 Å². The van der Waals surface area contributed by atoms with E-state index < -0.39 is 0 Å². The summed E-state index contributed by atoms with van der Waals surface area (Å²) >= 11 is 0. The van der Waals surface area contributed by atoms with E-state index in [0.29, 0.717) is 11.8 Å². The summed E-state index contributed by atoms with van der Waals surface area (Å²) in [6.45, 7) is 57.8. The van der Waals surface area contributed by atoms with Crippen LogP contribution in [0.2, 0.25) is 0 Å². The highest BCUT2D eigenvalue weighted by atomic mass is 15.0. The molecule has 78 heavy (non-hydrogen) atoms. The van der Waals surface area contributed by atoms with Crippen molar-refractivity contribution >= 4 is 89.8 Å². The third-order valence-electron chi connectivity index (χ3n) is 18.3. The molecule has 0 aliphatic carbocycles. The molecule has 2 aliphatic rings. The summed E-state index contributed by atoms with van der Waals surface area (Å²) in [7, 11) is 0. The number of aryl methyl sites for hydroxylation is 2. The van der Waals surface area contributed by atoms with E-state index in [1.54, 1.807) is 0 Å². The summed E-state index contributed by atoms with van der Waals surface area (Å²) in [4.78, 5) is 0. The molecule has 0 atom stereocenters. The average molecular weight is 1030 g/mol. The zero-order chi connectivity index (χ0) is 56.8. The van der Waals surface area contributed by atoms with Crippen molar-refractivity contribution in [1.29, 1.82) is 0 Å². The van der Waals surface area contributed by atoms with Crippen LogP contribution < -0.4 is 32.8 Å². The van der Waals surface area contributed by atoms with Crippen LogP contribution in [0.5, 0.6) is 0 Å². The van der Waals surface area contributed by atoms with E-state index in [1.165, 1.54) is 143 Å². The minimum absolute atomic E-state index is 0.0286. The van der Waals surface area contributed by atoms with Crippen molar-refractivity contribution in [2.24, 2.45) is 0 Å². The molecule has 0 bridgehead atoms. The van der Waals surface area contributed by atoms with Crippen molar-refractivity contribution in [2.75, 3.05) is 0 Å². The highest BCUT2D eigenvalue weighted by molar-refractivity contribution is 7.00. The lowest BCUT2D eigenvalue weighted by Crippen LogP contribution is -2.63. The van der Waals surface area contributed by atoms with E-state index in [9.17, 15) is 0 Å². The largest absolute Gasteiger partial charge is 0.310 e. The molecule has 0 radical (unpaired) electrons. The van der Waals surface area contributed by atoms with Crippen LogP contribution in [-0.4, -0.2) is 22.6 Å². The molecule has 0 unspecified atom stereocenters. The summed E-state index contributed by atoms with van der Waals surface area (Å²) in [6.07, 6.45) is 0. The summed E-state index contributed by atoms with van der Waals surface area (Å²) in [6, 6.07) is 40.8. The minimum Gasteiger partial charge on any atom is -0.310 e. The summed E-state index contributed by atoms with van der Waals surface area (Å²) in [5.74, 6) is 0.819. The first-order valence-electron chi connectivity index (χ1n) is 29.7. The molecule has 7 aromatic carbocycles. The molecule has 0 spiro atoms. The molecule has 4 heterocycles. The fourth-order valence-electron chi connectivity index (χ4n) is 14.0. The lowest BCUT2D eigenvalue weighted by Gasteiger charge is -2.40. The Labute approximate surface area is 471 Å². The number of nitrogens with zero attached hydrogens (tertiary/aromatic N) is 2. The van der Waals surface area contributed by atoms with Crippen LogP contribution in [0.4, 0.5) is 0 Å². The molecule has 2 aliphatic heterocycles. The van der Waals surface area contributed by atoms with Gasteiger partial charge in [0.1, 0.15) is 0 Å². The molecule has 0 saturated carbocycles. The van der Waals surface area contributed by atoms with E-state index in [4.69, 9.17) is 0 Å². The Kier molecular flexibility index (Phi) is 12.1. The molecular weight excluding hydrogens is 938 g/mol. The Morgan fingerprint density at radius 2 is 0.641 bits per heavy atom. The lowest BCUT2D eigenvalue weighted by atomic mass is 9.30. The molecular formula is C74H90B2N2. The second kappa shape index (κ2) is 17.4. The molecule has 4 heteroatoms. The SMILES string of the molecule is Cc1cc2c3c(c1)c1cc(C(C)C)ccc1n3-c1cc3c(cc1B2c1c(C(C)(C)C)cc(C(C)(C)C)cc1C(C)(C)C)-n1c2ccc(C(C)C)cc2c2cc(C)cc(c21)B3c1c(C(C)(C)C)cc(C(C)(C)C)cc1C(C)(C)C. The Bertz CT molecular complexity index is 3660. The molecule has 2 nitrogen and oxygen atoms in total. The van der Waals surface area contributed by atoms with Crippen LogP contribution in [-0.2, 0) is 32.5 Å². The molecule has 0 N–H and O–H groups in total. The first kappa shape index (κ1) is 54.2. The molecule has 11 rings (SSSR count). The van der Waals surface area contributed by atoms with Crippen molar-refractivity contribution in [3.8, 4) is 11.4 Å². The Balaban J connectivity index is 1.42. The third kappa shape index (κ3) is 8.41. The van der Waals surface area contributed by atoms with Gasteiger partial charge < -0.3 is 9.13 Å². The van der Waals surface area contributed by atoms with Gasteiger partial charge in [-0.3, -0.25) is 0 Å². The summed E-state index contributed by atoms with van der Waals surface area (Å²) in [5.41, 5.74) is 29.8. The van der Waals surface area contributed by atoms with Gasteiger partial charge in [-0.25, -0.2) is 0 Å². The van der Waals surface area contributed by atoms with Crippen LogP contribution >= 0.6 is 0 Å². The Morgan fingerprint density at radius 3 is 0.910 bits per heavy atom. The van der Waals surface area contributed by atoms with Gasteiger partial charge in [0, 0.05) is 44.0 Å². The number of hydrogen-bond donors (Lipinski definition) is 0.